The van der Waals surface area contributed by atoms with E-state index in [-0.39, 0.29) is 34.6 Å². The molecule has 0 bridgehead atoms. The van der Waals surface area contributed by atoms with Crippen molar-refractivity contribution >= 4 is 46.4 Å². The van der Waals surface area contributed by atoms with E-state index in [0.717, 1.165) is 0 Å². The zero-order chi connectivity index (χ0) is 15.8. The molecule has 1 rings (SSSR count). The lowest BCUT2D eigenvalue weighted by molar-refractivity contribution is -0.127. The predicted octanol–water partition coefficient (Wildman–Crippen LogP) is -0.534. The van der Waals surface area contributed by atoms with Crippen LogP contribution in [0.2, 0.25) is 0 Å². The molecule has 21 heavy (non-hydrogen) atoms. The smallest absolute Gasteiger partial charge is 0.240 e. The second-order valence-corrected chi connectivity index (χ2v) is 6.91. The van der Waals surface area contributed by atoms with Crippen LogP contribution in [-0.4, -0.2) is 52.3 Å². The summed E-state index contributed by atoms with van der Waals surface area (Å²) in [4.78, 5) is 45.4. The van der Waals surface area contributed by atoms with Crippen LogP contribution < -0.4 is 16.0 Å². The van der Waals surface area contributed by atoms with Gasteiger partial charge in [0.05, 0.1) is 23.7 Å². The minimum Gasteiger partial charge on any atom is -0.347 e. The van der Waals surface area contributed by atoms with Crippen molar-refractivity contribution in [3.8, 4) is 0 Å². The lowest BCUT2D eigenvalue weighted by Crippen LogP contribution is -2.44. The summed E-state index contributed by atoms with van der Waals surface area (Å²) in [6.07, 6.45) is 0.631. The topological polar surface area (TPSA) is 104 Å². The maximum Gasteiger partial charge on any atom is 0.240 e. The number of hydrogen-bond acceptors (Lipinski definition) is 6. The van der Waals surface area contributed by atoms with E-state index in [0.29, 0.717) is 18.1 Å². The molecule has 0 saturated carbocycles. The normalized spacial score (nSPS) is 19.0. The zero-order valence-electron chi connectivity index (χ0n) is 11.9. The van der Waals surface area contributed by atoms with Crippen LogP contribution in [0.3, 0.4) is 0 Å². The molecule has 0 radical (unpaired) electrons. The zero-order valence-corrected chi connectivity index (χ0v) is 13.6. The third-order valence-electron chi connectivity index (χ3n) is 2.72. The fourth-order valence-corrected chi connectivity index (χ4v) is 3.23. The van der Waals surface area contributed by atoms with Crippen LogP contribution in [0.1, 0.15) is 20.3 Å². The van der Waals surface area contributed by atoms with Gasteiger partial charge in [-0.1, -0.05) is 11.8 Å². The van der Waals surface area contributed by atoms with Crippen LogP contribution in [0.15, 0.2) is 0 Å². The molecule has 0 aromatic rings. The van der Waals surface area contributed by atoms with Gasteiger partial charge < -0.3 is 16.0 Å². The second kappa shape index (κ2) is 8.93. The minimum absolute atomic E-state index is 0.0334. The summed E-state index contributed by atoms with van der Waals surface area (Å²) in [5.74, 6) is 0.237. The Morgan fingerprint density at radius 3 is 2.67 bits per heavy atom. The number of carbonyl (C=O) groups is 4. The molecule has 0 unspecified atom stereocenters. The molecule has 1 aliphatic rings. The first-order valence-corrected chi connectivity index (χ1v) is 8.53. The second-order valence-electron chi connectivity index (χ2n) is 4.48. The molecule has 1 saturated heterocycles. The van der Waals surface area contributed by atoms with Crippen LogP contribution in [0, 0.1) is 0 Å². The van der Waals surface area contributed by atoms with Gasteiger partial charge in [0.25, 0.3) is 0 Å². The number of carbonyl (C=O) groups excluding carboxylic acids is 4. The van der Waals surface area contributed by atoms with Crippen LogP contribution >= 0.6 is 23.5 Å². The highest BCUT2D eigenvalue weighted by Gasteiger charge is 2.26. The number of amides is 3. The van der Waals surface area contributed by atoms with Crippen molar-refractivity contribution < 1.29 is 19.2 Å². The molecule has 0 aromatic heterocycles. The monoisotopic (exact) mass is 333 g/mol. The molecule has 0 spiro atoms. The largest absolute Gasteiger partial charge is 0.347 e. The average molecular weight is 333 g/mol. The van der Waals surface area contributed by atoms with Crippen LogP contribution in [0.25, 0.3) is 0 Å². The van der Waals surface area contributed by atoms with E-state index in [2.05, 4.69) is 16.0 Å². The number of thioether (sulfide) groups is 2. The van der Waals surface area contributed by atoms with Crippen LogP contribution in [-0.2, 0) is 19.2 Å². The van der Waals surface area contributed by atoms with Crippen molar-refractivity contribution in [1.82, 2.24) is 16.0 Å². The summed E-state index contributed by atoms with van der Waals surface area (Å²) < 4.78 is 0. The van der Waals surface area contributed by atoms with E-state index in [4.69, 9.17) is 0 Å². The van der Waals surface area contributed by atoms with Crippen molar-refractivity contribution in [2.24, 2.45) is 0 Å². The molecule has 1 fully saturated rings. The Morgan fingerprint density at radius 1 is 1.38 bits per heavy atom. The summed E-state index contributed by atoms with van der Waals surface area (Å²) in [5.41, 5.74) is 0. The van der Waals surface area contributed by atoms with Gasteiger partial charge in [-0.05, 0) is 13.3 Å². The lowest BCUT2D eigenvalue weighted by atomic mass is 10.2. The first kappa shape index (κ1) is 17.8. The third-order valence-corrected chi connectivity index (χ3v) is 4.75. The third kappa shape index (κ3) is 6.85. The summed E-state index contributed by atoms with van der Waals surface area (Å²) >= 11 is 2.47. The maximum atomic E-state index is 11.7. The first-order valence-electron chi connectivity index (χ1n) is 6.50. The van der Waals surface area contributed by atoms with Gasteiger partial charge in [0.15, 0.2) is 0 Å². The van der Waals surface area contributed by atoms with Crippen molar-refractivity contribution in [3.63, 3.8) is 0 Å². The molecular formula is C12H19N3O4S2. The van der Waals surface area contributed by atoms with Gasteiger partial charge in [-0.15, -0.1) is 11.8 Å². The Labute approximate surface area is 131 Å². The first-order chi connectivity index (χ1) is 9.90. The van der Waals surface area contributed by atoms with E-state index in [1.807, 2.05) is 0 Å². The van der Waals surface area contributed by atoms with Crippen molar-refractivity contribution in [2.45, 2.75) is 31.6 Å². The van der Waals surface area contributed by atoms with Crippen molar-refractivity contribution in [3.05, 3.63) is 0 Å². The van der Waals surface area contributed by atoms with E-state index < -0.39 is 6.04 Å². The summed E-state index contributed by atoms with van der Waals surface area (Å²) in [5, 5.41) is 7.26. The highest BCUT2D eigenvalue weighted by molar-refractivity contribution is 8.14. The molecule has 3 amide bonds. The molecule has 118 valence electrons. The Hall–Kier alpha value is -1.22. The fraction of sp³-hybridized carbons (Fsp3) is 0.667. The Balaban J connectivity index is 2.20. The molecule has 3 N–H and O–H groups in total. The minimum atomic E-state index is -0.439. The standard InChI is InChI=1S/C12H19N3O4S2/c1-7(21-6-14-8(2)16)11(18)13-5-10(17)15-9-3-4-20-12(9)19/h7,9H,3-6H2,1-2H3,(H,13,18)(H,14,16)(H,15,17)/t7-,9-/m0/s1. The molecule has 0 aromatic carbocycles. The molecule has 9 heteroatoms. The van der Waals surface area contributed by atoms with Gasteiger partial charge in [-0.3, -0.25) is 19.2 Å². The Kier molecular flexibility index (Phi) is 7.58. The predicted molar refractivity (Wildman–Crippen MR) is 82.8 cm³/mol. The SMILES string of the molecule is CC(=O)NCS[C@@H](C)C(=O)NCC(=O)N[C@H]1CCSC1=O. The van der Waals surface area contributed by atoms with E-state index in [9.17, 15) is 19.2 Å². The van der Waals surface area contributed by atoms with Gasteiger partial charge in [0, 0.05) is 12.7 Å². The number of nitrogens with one attached hydrogen (secondary N) is 3. The van der Waals surface area contributed by atoms with Crippen molar-refractivity contribution in [2.75, 3.05) is 18.2 Å². The molecule has 2 atom stereocenters. The number of hydrogen-bond donors (Lipinski definition) is 3. The molecular weight excluding hydrogens is 314 g/mol. The highest BCUT2D eigenvalue weighted by atomic mass is 32.2. The average Bonchev–Trinajstić information content (AvgIpc) is 2.81. The van der Waals surface area contributed by atoms with Gasteiger partial charge in [0.1, 0.15) is 0 Å². The summed E-state index contributed by atoms with van der Waals surface area (Å²) in [7, 11) is 0. The Bertz CT molecular complexity index is 431. The van der Waals surface area contributed by atoms with Gasteiger partial charge >= 0.3 is 0 Å². The van der Waals surface area contributed by atoms with Crippen molar-refractivity contribution in [1.29, 1.82) is 0 Å². The lowest BCUT2D eigenvalue weighted by Gasteiger charge is -2.13. The summed E-state index contributed by atoms with van der Waals surface area (Å²) in [6.45, 7) is 2.94. The Morgan fingerprint density at radius 2 is 2.10 bits per heavy atom. The van der Waals surface area contributed by atoms with Crippen LogP contribution in [0.5, 0.6) is 0 Å². The van der Waals surface area contributed by atoms with E-state index >= 15 is 0 Å². The van der Waals surface area contributed by atoms with Gasteiger partial charge in [-0.2, -0.15) is 0 Å². The quantitative estimate of drug-likeness (QED) is 0.541. The van der Waals surface area contributed by atoms with Gasteiger partial charge in [-0.25, -0.2) is 0 Å². The molecule has 1 heterocycles. The number of rotatable bonds is 7. The van der Waals surface area contributed by atoms with Crippen LogP contribution in [0.4, 0.5) is 0 Å². The summed E-state index contributed by atoms with van der Waals surface area (Å²) in [6, 6.07) is -0.439. The molecule has 0 aliphatic carbocycles. The van der Waals surface area contributed by atoms with E-state index in [1.165, 1.54) is 30.4 Å². The van der Waals surface area contributed by atoms with Gasteiger partial charge in [0.2, 0.25) is 22.8 Å². The van der Waals surface area contributed by atoms with E-state index in [1.54, 1.807) is 6.92 Å². The maximum absolute atomic E-state index is 11.7. The highest BCUT2D eigenvalue weighted by Crippen LogP contribution is 2.19. The molecule has 7 nitrogen and oxygen atoms in total. The fourth-order valence-electron chi connectivity index (χ4n) is 1.53. The molecule has 1 aliphatic heterocycles.